The highest BCUT2D eigenvalue weighted by molar-refractivity contribution is 6.74. The molecule has 0 amide bonds. The van der Waals surface area contributed by atoms with Crippen LogP contribution in [0.4, 0.5) is 17.3 Å². The van der Waals surface area contributed by atoms with Crippen LogP contribution in [0.1, 0.15) is 45.7 Å². The molecule has 0 radical (unpaired) electrons. The van der Waals surface area contributed by atoms with Gasteiger partial charge in [0.05, 0.1) is 23.6 Å². The molecule has 0 bridgehead atoms. The van der Waals surface area contributed by atoms with Crippen molar-refractivity contribution >= 4 is 25.6 Å². The number of anilines is 3. The molecule has 1 atom stereocenters. The third kappa shape index (κ3) is 5.45. The van der Waals surface area contributed by atoms with Crippen molar-refractivity contribution in [2.45, 2.75) is 58.2 Å². The van der Waals surface area contributed by atoms with E-state index >= 15 is 0 Å². The maximum Gasteiger partial charge on any atom is 0.237 e. The predicted octanol–water partition coefficient (Wildman–Crippen LogP) is 6.26. The second-order valence-electron chi connectivity index (χ2n) is 11.2. The summed E-state index contributed by atoms with van der Waals surface area (Å²) in [7, 11) is -1.93. The molecule has 9 heteroatoms. The summed E-state index contributed by atoms with van der Waals surface area (Å²) in [4.78, 5) is 13.4. The minimum absolute atomic E-state index is 0.124. The molecule has 1 aliphatic rings. The standard InChI is InChI=1S/C28H36N6O2Si/c1-8-35-25-23(10-9-12-30-25)34-26-31-13-11-22(33-26)19-14-20(16-29)24-21(15-19)28(5,17-32-24)18-36-37(6,7)27(2,3)4/h9-15,32H,8,17-18H2,1-7H3,(H,31,33,34). The van der Waals surface area contributed by atoms with Crippen molar-refractivity contribution in [1.29, 1.82) is 5.26 Å². The number of pyridine rings is 1. The van der Waals surface area contributed by atoms with Gasteiger partial charge in [-0.15, -0.1) is 0 Å². The van der Waals surface area contributed by atoms with E-state index in [-0.39, 0.29) is 10.5 Å². The van der Waals surface area contributed by atoms with Gasteiger partial charge in [0, 0.05) is 36.5 Å². The zero-order chi connectivity index (χ0) is 26.8. The summed E-state index contributed by atoms with van der Waals surface area (Å²) in [6, 6.07) is 11.9. The van der Waals surface area contributed by atoms with Gasteiger partial charge in [0.15, 0.2) is 8.32 Å². The third-order valence-corrected chi connectivity index (χ3v) is 11.9. The number of aromatic nitrogens is 3. The molecule has 0 fully saturated rings. The van der Waals surface area contributed by atoms with Gasteiger partial charge in [-0.1, -0.05) is 27.7 Å². The largest absolute Gasteiger partial charge is 0.476 e. The van der Waals surface area contributed by atoms with Crippen LogP contribution >= 0.6 is 0 Å². The minimum atomic E-state index is -1.93. The van der Waals surface area contributed by atoms with Gasteiger partial charge in [0.1, 0.15) is 11.8 Å². The van der Waals surface area contributed by atoms with Crippen molar-refractivity contribution in [1.82, 2.24) is 15.0 Å². The van der Waals surface area contributed by atoms with Crippen LogP contribution in [0.5, 0.6) is 5.88 Å². The summed E-state index contributed by atoms with van der Waals surface area (Å²) in [6.45, 7) is 17.2. The number of fused-ring (bicyclic) bond motifs is 1. The van der Waals surface area contributed by atoms with Crippen molar-refractivity contribution in [2.75, 3.05) is 30.4 Å². The Kier molecular flexibility index (Phi) is 7.26. The van der Waals surface area contributed by atoms with Crippen molar-refractivity contribution in [3.8, 4) is 23.2 Å². The monoisotopic (exact) mass is 516 g/mol. The summed E-state index contributed by atoms with van der Waals surface area (Å²) >= 11 is 0. The molecular formula is C28H36N6O2Si. The smallest absolute Gasteiger partial charge is 0.237 e. The summed E-state index contributed by atoms with van der Waals surface area (Å²) < 4.78 is 12.3. The molecule has 0 saturated heterocycles. The van der Waals surface area contributed by atoms with Gasteiger partial charge >= 0.3 is 0 Å². The first-order valence-electron chi connectivity index (χ1n) is 12.6. The highest BCUT2D eigenvalue weighted by Gasteiger charge is 2.42. The Morgan fingerprint density at radius 2 is 1.97 bits per heavy atom. The van der Waals surface area contributed by atoms with Crippen LogP contribution in [0.3, 0.4) is 0 Å². The number of ether oxygens (including phenoxy) is 1. The van der Waals surface area contributed by atoms with Gasteiger partial charge in [0.25, 0.3) is 0 Å². The average Bonchev–Trinajstić information content (AvgIpc) is 3.20. The molecule has 8 nitrogen and oxygen atoms in total. The first-order valence-corrected chi connectivity index (χ1v) is 15.5. The minimum Gasteiger partial charge on any atom is -0.476 e. The van der Waals surface area contributed by atoms with E-state index in [1.807, 2.05) is 31.2 Å². The first-order chi connectivity index (χ1) is 17.5. The molecular weight excluding hydrogens is 480 g/mol. The zero-order valence-corrected chi connectivity index (χ0v) is 23.8. The lowest BCUT2D eigenvalue weighted by Gasteiger charge is -2.39. The highest BCUT2D eigenvalue weighted by Crippen LogP contribution is 2.44. The van der Waals surface area contributed by atoms with Crippen molar-refractivity contribution in [2.24, 2.45) is 0 Å². The Bertz CT molecular complexity index is 1330. The second-order valence-corrected chi connectivity index (χ2v) is 16.0. The number of hydrogen-bond acceptors (Lipinski definition) is 8. The van der Waals surface area contributed by atoms with Crippen LogP contribution in [0.15, 0.2) is 42.7 Å². The van der Waals surface area contributed by atoms with Gasteiger partial charge < -0.3 is 19.8 Å². The molecule has 0 aliphatic carbocycles. The number of nitriles is 1. The third-order valence-electron chi connectivity index (χ3n) is 7.37. The highest BCUT2D eigenvalue weighted by atomic mass is 28.4. The summed E-state index contributed by atoms with van der Waals surface area (Å²) in [5.74, 6) is 0.916. The molecule has 37 heavy (non-hydrogen) atoms. The predicted molar refractivity (Wildman–Crippen MR) is 150 cm³/mol. The topological polar surface area (TPSA) is 105 Å². The fourth-order valence-electron chi connectivity index (χ4n) is 4.05. The quantitative estimate of drug-likeness (QED) is 0.338. The van der Waals surface area contributed by atoms with E-state index < -0.39 is 8.32 Å². The number of hydrogen-bond donors (Lipinski definition) is 2. The molecule has 0 spiro atoms. The van der Waals surface area contributed by atoms with E-state index in [0.29, 0.717) is 42.8 Å². The lowest BCUT2D eigenvalue weighted by molar-refractivity contribution is 0.220. The summed E-state index contributed by atoms with van der Waals surface area (Å²) in [5, 5.41) is 16.8. The fourth-order valence-corrected chi connectivity index (χ4v) is 5.16. The Balaban J connectivity index is 1.67. The van der Waals surface area contributed by atoms with Gasteiger partial charge in [-0.25, -0.2) is 15.0 Å². The molecule has 1 aromatic carbocycles. The second kappa shape index (κ2) is 10.1. The normalized spacial score (nSPS) is 17.0. The molecule has 3 heterocycles. The maximum atomic E-state index is 9.96. The molecule has 0 saturated carbocycles. The van der Waals surface area contributed by atoms with Crippen molar-refractivity contribution in [3.63, 3.8) is 0 Å². The SMILES string of the molecule is CCOc1ncccc1Nc1nccc(-c2cc(C#N)c3c(c2)C(C)(CO[Si](C)(C)C(C)(C)C)CN3)n1. The Hall–Kier alpha value is -3.48. The van der Waals surface area contributed by atoms with Crippen molar-refractivity contribution < 1.29 is 9.16 Å². The van der Waals surface area contributed by atoms with Crippen LogP contribution in [0.2, 0.25) is 18.1 Å². The Labute approximate surface area is 220 Å². The van der Waals surface area contributed by atoms with E-state index in [1.54, 1.807) is 12.4 Å². The lowest BCUT2D eigenvalue weighted by Crippen LogP contribution is -2.45. The molecule has 4 rings (SSSR count). The van der Waals surface area contributed by atoms with Crippen LogP contribution in [0.25, 0.3) is 11.3 Å². The Morgan fingerprint density at radius 3 is 2.68 bits per heavy atom. The maximum absolute atomic E-state index is 9.96. The Morgan fingerprint density at radius 1 is 1.19 bits per heavy atom. The number of benzene rings is 1. The van der Waals surface area contributed by atoms with Crippen molar-refractivity contribution in [3.05, 3.63) is 53.9 Å². The van der Waals surface area contributed by atoms with Crippen LogP contribution in [-0.2, 0) is 9.84 Å². The molecule has 1 aliphatic heterocycles. The van der Waals surface area contributed by atoms with E-state index in [2.05, 4.69) is 73.5 Å². The summed E-state index contributed by atoms with van der Waals surface area (Å²) in [6.07, 6.45) is 3.39. The molecule has 2 aromatic heterocycles. The molecule has 194 valence electrons. The molecule has 3 aromatic rings. The fraction of sp³-hybridized carbons (Fsp3) is 0.429. The van der Waals surface area contributed by atoms with Gasteiger partial charge in [0.2, 0.25) is 11.8 Å². The number of nitrogens with one attached hydrogen (secondary N) is 2. The van der Waals surface area contributed by atoms with Crippen LogP contribution in [-0.4, -0.2) is 43.0 Å². The van der Waals surface area contributed by atoms with Gasteiger partial charge in [-0.3, -0.25) is 0 Å². The van der Waals surface area contributed by atoms with Crippen LogP contribution < -0.4 is 15.4 Å². The average molecular weight is 517 g/mol. The molecule has 1 unspecified atom stereocenters. The van der Waals surface area contributed by atoms with Gasteiger partial charge in [-0.2, -0.15) is 5.26 Å². The van der Waals surface area contributed by atoms with E-state index in [4.69, 9.17) is 14.1 Å². The number of nitrogens with zero attached hydrogens (tertiary/aromatic N) is 4. The zero-order valence-electron chi connectivity index (χ0n) is 22.8. The first kappa shape index (κ1) is 26.6. The van der Waals surface area contributed by atoms with Gasteiger partial charge in [-0.05, 0) is 61.0 Å². The lowest BCUT2D eigenvalue weighted by atomic mass is 9.83. The summed E-state index contributed by atoms with van der Waals surface area (Å²) in [5.41, 5.74) is 4.58. The van der Waals surface area contributed by atoms with E-state index in [9.17, 15) is 5.26 Å². The van der Waals surface area contributed by atoms with E-state index in [0.717, 1.165) is 22.5 Å². The number of rotatable bonds is 8. The van der Waals surface area contributed by atoms with Crippen LogP contribution in [0, 0.1) is 11.3 Å². The van der Waals surface area contributed by atoms with E-state index in [1.165, 1.54) is 0 Å². The molecule has 2 N–H and O–H groups in total.